The number of hydrogen-bond donors (Lipinski definition) is 1. The predicted molar refractivity (Wildman–Crippen MR) is 74.7 cm³/mol. The van der Waals surface area contributed by atoms with E-state index in [4.69, 9.17) is 0 Å². The highest BCUT2D eigenvalue weighted by Gasteiger charge is 2.33. The van der Waals surface area contributed by atoms with Crippen LogP contribution in [0.2, 0.25) is 0 Å². The van der Waals surface area contributed by atoms with Crippen LogP contribution in [-0.2, 0) is 0 Å². The Hall–Kier alpha value is -0.290. The third kappa shape index (κ3) is 5.24. The minimum atomic E-state index is -4.06. The zero-order valence-corrected chi connectivity index (χ0v) is 12.4. The summed E-state index contributed by atoms with van der Waals surface area (Å²) >= 11 is 0. The highest BCUT2D eigenvalue weighted by Crippen LogP contribution is 2.27. The van der Waals surface area contributed by atoms with E-state index in [0.717, 1.165) is 18.8 Å². The van der Waals surface area contributed by atoms with Gasteiger partial charge >= 0.3 is 6.18 Å². The van der Waals surface area contributed by atoms with Gasteiger partial charge in [-0.25, -0.2) is 0 Å². The third-order valence-electron chi connectivity index (χ3n) is 4.85. The van der Waals surface area contributed by atoms with E-state index < -0.39 is 12.7 Å². The zero-order valence-electron chi connectivity index (χ0n) is 12.4. The van der Waals surface area contributed by atoms with Gasteiger partial charge in [0, 0.05) is 12.1 Å². The normalized spacial score (nSPS) is 25.8. The Bertz CT molecular complexity index is 279. The molecule has 0 aromatic carbocycles. The number of alkyl halides is 3. The lowest BCUT2D eigenvalue weighted by atomic mass is 9.84. The number of nitrogens with zero attached hydrogens (tertiary/aromatic N) is 1. The van der Waals surface area contributed by atoms with Crippen LogP contribution in [0.15, 0.2) is 0 Å². The molecule has 0 bridgehead atoms. The fourth-order valence-corrected chi connectivity index (χ4v) is 3.65. The maximum Gasteiger partial charge on any atom is 0.401 e. The molecular formula is C15H27F3N2. The smallest absolute Gasteiger partial charge is 0.311 e. The van der Waals surface area contributed by atoms with Crippen LogP contribution in [-0.4, -0.2) is 42.8 Å². The van der Waals surface area contributed by atoms with Crippen LogP contribution < -0.4 is 5.32 Å². The predicted octanol–water partition coefficient (Wildman–Crippen LogP) is 3.57. The lowest BCUT2D eigenvalue weighted by molar-refractivity contribution is -0.148. The Kier molecular flexibility index (Phi) is 5.73. The first-order valence-electron chi connectivity index (χ1n) is 7.99. The van der Waals surface area contributed by atoms with Crippen LogP contribution in [0, 0.1) is 5.92 Å². The molecule has 2 nitrogen and oxygen atoms in total. The zero-order chi connectivity index (χ0) is 14.6. The van der Waals surface area contributed by atoms with Crippen LogP contribution in [0.5, 0.6) is 0 Å². The van der Waals surface area contributed by atoms with Crippen molar-refractivity contribution in [3.8, 4) is 0 Å². The van der Waals surface area contributed by atoms with Crippen molar-refractivity contribution in [2.75, 3.05) is 19.6 Å². The van der Waals surface area contributed by atoms with Crippen molar-refractivity contribution in [3.63, 3.8) is 0 Å². The molecule has 1 saturated heterocycles. The highest BCUT2D eigenvalue weighted by atomic mass is 19.4. The summed E-state index contributed by atoms with van der Waals surface area (Å²) < 4.78 is 37.0. The maximum absolute atomic E-state index is 12.3. The molecule has 0 amide bonds. The van der Waals surface area contributed by atoms with E-state index in [9.17, 15) is 13.2 Å². The van der Waals surface area contributed by atoms with Gasteiger partial charge in [0.1, 0.15) is 0 Å². The molecule has 0 aromatic heterocycles. The molecule has 1 saturated carbocycles. The molecule has 1 atom stereocenters. The van der Waals surface area contributed by atoms with Crippen LogP contribution in [0.4, 0.5) is 13.2 Å². The maximum atomic E-state index is 12.3. The monoisotopic (exact) mass is 292 g/mol. The van der Waals surface area contributed by atoms with Gasteiger partial charge in [0.15, 0.2) is 0 Å². The molecule has 118 valence electrons. The molecule has 5 heteroatoms. The average Bonchev–Trinajstić information content (AvgIpc) is 2.40. The minimum Gasteiger partial charge on any atom is -0.311 e. The summed E-state index contributed by atoms with van der Waals surface area (Å²) in [6.45, 7) is 2.62. The molecule has 2 aliphatic rings. The fraction of sp³-hybridized carbons (Fsp3) is 1.00. The van der Waals surface area contributed by atoms with Gasteiger partial charge in [-0.2, -0.15) is 13.2 Å². The largest absolute Gasteiger partial charge is 0.401 e. The van der Waals surface area contributed by atoms with Crippen LogP contribution >= 0.6 is 0 Å². The van der Waals surface area contributed by atoms with E-state index in [2.05, 4.69) is 12.2 Å². The first-order valence-corrected chi connectivity index (χ1v) is 7.99. The van der Waals surface area contributed by atoms with E-state index in [0.29, 0.717) is 25.2 Å². The second-order valence-corrected chi connectivity index (χ2v) is 6.52. The molecule has 2 rings (SSSR count). The van der Waals surface area contributed by atoms with Crippen LogP contribution in [0.3, 0.4) is 0 Å². The second-order valence-electron chi connectivity index (χ2n) is 6.52. The van der Waals surface area contributed by atoms with Crippen molar-refractivity contribution in [1.82, 2.24) is 10.2 Å². The molecular weight excluding hydrogens is 265 g/mol. The molecule has 1 aliphatic carbocycles. The summed E-state index contributed by atoms with van der Waals surface area (Å²) in [7, 11) is 0. The second kappa shape index (κ2) is 7.12. The highest BCUT2D eigenvalue weighted by molar-refractivity contribution is 4.83. The molecule has 20 heavy (non-hydrogen) atoms. The van der Waals surface area contributed by atoms with Crippen molar-refractivity contribution < 1.29 is 13.2 Å². The SMILES string of the molecule is C[C@H](NC1CCN(CC(F)(F)F)CC1)C1CCCCC1. The molecule has 2 fully saturated rings. The van der Waals surface area contributed by atoms with Crippen molar-refractivity contribution in [3.05, 3.63) is 0 Å². The van der Waals surface area contributed by atoms with E-state index in [-0.39, 0.29) is 0 Å². The molecule has 1 aliphatic heterocycles. The summed E-state index contributed by atoms with van der Waals surface area (Å²) in [6.07, 6.45) is 4.26. The Morgan fingerprint density at radius 2 is 1.65 bits per heavy atom. The number of likely N-dealkylation sites (tertiary alicyclic amines) is 1. The first-order chi connectivity index (χ1) is 9.44. The summed E-state index contributed by atoms with van der Waals surface area (Å²) in [5.74, 6) is 0.761. The number of nitrogens with one attached hydrogen (secondary N) is 1. The lowest BCUT2D eigenvalue weighted by Crippen LogP contribution is -2.49. The van der Waals surface area contributed by atoms with Gasteiger partial charge in [-0.1, -0.05) is 19.3 Å². The number of piperidine rings is 1. The summed E-state index contributed by atoms with van der Waals surface area (Å²) in [5, 5.41) is 3.66. The van der Waals surface area contributed by atoms with Crippen molar-refractivity contribution in [2.45, 2.75) is 70.1 Å². The lowest BCUT2D eigenvalue weighted by Gasteiger charge is -2.36. The van der Waals surface area contributed by atoms with E-state index >= 15 is 0 Å². The molecule has 0 aromatic rings. The third-order valence-corrected chi connectivity index (χ3v) is 4.85. The molecule has 1 heterocycles. The van der Waals surface area contributed by atoms with Gasteiger partial charge in [0.25, 0.3) is 0 Å². The Balaban J connectivity index is 1.68. The molecule has 0 radical (unpaired) electrons. The van der Waals surface area contributed by atoms with Gasteiger partial charge in [-0.05, 0) is 51.6 Å². The minimum absolute atomic E-state index is 0.399. The standard InChI is InChI=1S/C15H27F3N2/c1-12(13-5-3-2-4-6-13)19-14-7-9-20(10-8-14)11-15(16,17)18/h12-14,19H,2-11H2,1H3/t12-/m0/s1. The van der Waals surface area contributed by atoms with Gasteiger partial charge in [0.2, 0.25) is 0 Å². The van der Waals surface area contributed by atoms with Crippen LogP contribution in [0.1, 0.15) is 51.9 Å². The van der Waals surface area contributed by atoms with Gasteiger partial charge in [-0.15, -0.1) is 0 Å². The van der Waals surface area contributed by atoms with Gasteiger partial charge < -0.3 is 5.32 Å². The van der Waals surface area contributed by atoms with Gasteiger partial charge in [0.05, 0.1) is 6.54 Å². The fourth-order valence-electron chi connectivity index (χ4n) is 3.65. The van der Waals surface area contributed by atoms with E-state index in [1.165, 1.54) is 37.0 Å². The van der Waals surface area contributed by atoms with Crippen LogP contribution in [0.25, 0.3) is 0 Å². The number of rotatable bonds is 4. The Labute approximate surface area is 120 Å². The Morgan fingerprint density at radius 1 is 1.05 bits per heavy atom. The summed E-state index contributed by atoms with van der Waals surface area (Å²) in [4.78, 5) is 1.53. The average molecular weight is 292 g/mol. The van der Waals surface area contributed by atoms with Crippen molar-refractivity contribution in [1.29, 1.82) is 0 Å². The first kappa shape index (κ1) is 16.1. The summed E-state index contributed by atoms with van der Waals surface area (Å²) in [5.41, 5.74) is 0. The van der Waals surface area contributed by atoms with E-state index in [1.54, 1.807) is 0 Å². The topological polar surface area (TPSA) is 15.3 Å². The number of halogens is 3. The summed E-state index contributed by atoms with van der Waals surface area (Å²) in [6, 6.07) is 0.908. The van der Waals surface area contributed by atoms with E-state index in [1.807, 2.05) is 0 Å². The number of hydrogen-bond acceptors (Lipinski definition) is 2. The molecule has 1 N–H and O–H groups in total. The van der Waals surface area contributed by atoms with Gasteiger partial charge in [-0.3, -0.25) is 4.90 Å². The van der Waals surface area contributed by atoms with Crippen molar-refractivity contribution >= 4 is 0 Å². The molecule has 0 spiro atoms. The molecule has 0 unspecified atom stereocenters. The quantitative estimate of drug-likeness (QED) is 0.852. The Morgan fingerprint density at radius 3 is 2.20 bits per heavy atom. The van der Waals surface area contributed by atoms with Crippen molar-refractivity contribution in [2.24, 2.45) is 5.92 Å².